The molecule has 0 aliphatic carbocycles. The highest BCUT2D eigenvalue weighted by atomic mass is 15.2. The number of nitrogens with one attached hydrogen (secondary N) is 1. The van der Waals surface area contributed by atoms with E-state index in [1.54, 1.807) is 0 Å². The zero-order valence-electron chi connectivity index (χ0n) is 10.2. The van der Waals surface area contributed by atoms with Crippen LogP contribution in [0.15, 0.2) is 0 Å². The van der Waals surface area contributed by atoms with Crippen molar-refractivity contribution in [2.24, 2.45) is 0 Å². The van der Waals surface area contributed by atoms with Crippen molar-refractivity contribution in [1.82, 2.24) is 15.1 Å². The van der Waals surface area contributed by atoms with Crippen LogP contribution in [0.2, 0.25) is 0 Å². The first-order valence-corrected chi connectivity index (χ1v) is 6.39. The zero-order chi connectivity index (χ0) is 10.7. The molecule has 2 rings (SSSR count). The van der Waals surface area contributed by atoms with Gasteiger partial charge >= 0.3 is 0 Å². The van der Waals surface area contributed by atoms with E-state index in [1.807, 2.05) is 0 Å². The van der Waals surface area contributed by atoms with Gasteiger partial charge in [-0.05, 0) is 52.9 Å². The summed E-state index contributed by atoms with van der Waals surface area (Å²) in [7, 11) is 4.35. The average Bonchev–Trinajstić information content (AvgIpc) is 2.29. The fraction of sp³-hybridized carbons (Fsp3) is 1.00. The van der Waals surface area contributed by atoms with Crippen LogP contribution in [0.25, 0.3) is 0 Å². The Morgan fingerprint density at radius 3 is 2.60 bits per heavy atom. The smallest absolute Gasteiger partial charge is 0.0224 e. The van der Waals surface area contributed by atoms with E-state index in [1.165, 1.54) is 51.9 Å². The van der Waals surface area contributed by atoms with E-state index >= 15 is 0 Å². The number of likely N-dealkylation sites (N-methyl/N-ethyl adjacent to an activating group) is 2. The summed E-state index contributed by atoms with van der Waals surface area (Å²) in [6.45, 7) is 5.14. The Balaban J connectivity index is 1.86. The molecule has 2 atom stereocenters. The molecule has 2 fully saturated rings. The molecule has 2 aliphatic rings. The normalized spacial score (nSPS) is 35.6. The molecule has 15 heavy (non-hydrogen) atoms. The Kier molecular flexibility index (Phi) is 4.00. The molecule has 0 aromatic carbocycles. The molecule has 2 aliphatic heterocycles. The maximum Gasteiger partial charge on any atom is 0.0224 e. The summed E-state index contributed by atoms with van der Waals surface area (Å²) in [5.74, 6) is 0. The van der Waals surface area contributed by atoms with Crippen molar-refractivity contribution in [3.63, 3.8) is 0 Å². The Morgan fingerprint density at radius 2 is 1.87 bits per heavy atom. The van der Waals surface area contributed by atoms with Crippen molar-refractivity contribution in [2.45, 2.75) is 37.8 Å². The number of piperidine rings is 2. The van der Waals surface area contributed by atoms with Gasteiger partial charge in [0, 0.05) is 25.2 Å². The summed E-state index contributed by atoms with van der Waals surface area (Å²) in [5.41, 5.74) is 0. The zero-order valence-corrected chi connectivity index (χ0v) is 10.2. The largest absolute Gasteiger partial charge is 0.316 e. The lowest BCUT2D eigenvalue weighted by Gasteiger charge is -2.42. The molecule has 0 aromatic rings. The quantitative estimate of drug-likeness (QED) is 0.728. The lowest BCUT2D eigenvalue weighted by Crippen LogP contribution is -2.53. The van der Waals surface area contributed by atoms with E-state index in [0.29, 0.717) is 0 Å². The average molecular weight is 211 g/mol. The standard InChI is InChI=1S/C12H25N3/c1-13-11-5-3-8-15(9-11)12-6-4-7-14(2)10-12/h11-13H,3-10H2,1-2H3. The number of likely N-dealkylation sites (tertiary alicyclic amines) is 2. The van der Waals surface area contributed by atoms with Crippen molar-refractivity contribution < 1.29 is 0 Å². The number of hydrogen-bond donors (Lipinski definition) is 1. The molecule has 3 heteroatoms. The maximum atomic E-state index is 3.43. The third-order valence-electron chi connectivity index (χ3n) is 3.98. The molecule has 0 aromatic heterocycles. The van der Waals surface area contributed by atoms with E-state index < -0.39 is 0 Å². The molecule has 3 nitrogen and oxygen atoms in total. The van der Waals surface area contributed by atoms with Crippen LogP contribution in [-0.2, 0) is 0 Å². The lowest BCUT2D eigenvalue weighted by molar-refractivity contribution is 0.0826. The van der Waals surface area contributed by atoms with E-state index in [2.05, 4.69) is 29.2 Å². The monoisotopic (exact) mass is 211 g/mol. The van der Waals surface area contributed by atoms with E-state index in [-0.39, 0.29) is 0 Å². The summed E-state index contributed by atoms with van der Waals surface area (Å²) in [5, 5.41) is 3.43. The first-order chi connectivity index (χ1) is 7.29. The van der Waals surface area contributed by atoms with E-state index in [4.69, 9.17) is 0 Å². The van der Waals surface area contributed by atoms with Gasteiger partial charge in [0.25, 0.3) is 0 Å². The molecule has 2 saturated heterocycles. The number of nitrogens with zero attached hydrogens (tertiary/aromatic N) is 2. The van der Waals surface area contributed by atoms with Crippen LogP contribution in [0, 0.1) is 0 Å². The van der Waals surface area contributed by atoms with Crippen molar-refractivity contribution in [1.29, 1.82) is 0 Å². The van der Waals surface area contributed by atoms with Gasteiger partial charge in [0.05, 0.1) is 0 Å². The minimum atomic E-state index is 0.728. The first kappa shape index (κ1) is 11.4. The molecule has 0 amide bonds. The van der Waals surface area contributed by atoms with Gasteiger partial charge in [0.1, 0.15) is 0 Å². The minimum absolute atomic E-state index is 0.728. The minimum Gasteiger partial charge on any atom is -0.316 e. The van der Waals surface area contributed by atoms with Crippen molar-refractivity contribution in [3.8, 4) is 0 Å². The molecule has 0 saturated carbocycles. The summed E-state index contributed by atoms with van der Waals surface area (Å²) < 4.78 is 0. The Bertz CT molecular complexity index is 195. The van der Waals surface area contributed by atoms with Crippen LogP contribution >= 0.6 is 0 Å². The van der Waals surface area contributed by atoms with Gasteiger partial charge in [0.15, 0.2) is 0 Å². The molecular formula is C12H25N3. The van der Waals surface area contributed by atoms with Crippen molar-refractivity contribution >= 4 is 0 Å². The summed E-state index contributed by atoms with van der Waals surface area (Å²) in [6, 6.07) is 1.55. The molecular weight excluding hydrogens is 186 g/mol. The van der Waals surface area contributed by atoms with Crippen molar-refractivity contribution in [2.75, 3.05) is 40.3 Å². The molecule has 88 valence electrons. The SMILES string of the molecule is CNC1CCCN(C2CCCN(C)C2)C1. The fourth-order valence-electron chi connectivity index (χ4n) is 3.01. The number of hydrogen-bond acceptors (Lipinski definition) is 3. The molecule has 2 unspecified atom stereocenters. The Hall–Kier alpha value is -0.120. The maximum absolute atomic E-state index is 3.43. The van der Waals surface area contributed by atoms with Crippen LogP contribution in [-0.4, -0.2) is 62.2 Å². The van der Waals surface area contributed by atoms with Crippen LogP contribution < -0.4 is 5.32 Å². The highest BCUT2D eigenvalue weighted by molar-refractivity contribution is 4.85. The molecule has 1 N–H and O–H groups in total. The van der Waals surface area contributed by atoms with Gasteiger partial charge < -0.3 is 10.2 Å². The van der Waals surface area contributed by atoms with Gasteiger partial charge in [-0.15, -0.1) is 0 Å². The van der Waals surface area contributed by atoms with Crippen LogP contribution in [0.5, 0.6) is 0 Å². The lowest BCUT2D eigenvalue weighted by atomic mass is 9.99. The second-order valence-corrected chi connectivity index (χ2v) is 5.18. The van der Waals surface area contributed by atoms with Crippen molar-refractivity contribution in [3.05, 3.63) is 0 Å². The van der Waals surface area contributed by atoms with Crippen LogP contribution in [0.3, 0.4) is 0 Å². The van der Waals surface area contributed by atoms with E-state index in [9.17, 15) is 0 Å². The predicted octanol–water partition coefficient (Wildman–Crippen LogP) is 0.764. The molecule has 0 spiro atoms. The third kappa shape index (κ3) is 2.92. The third-order valence-corrected chi connectivity index (χ3v) is 3.98. The van der Waals surface area contributed by atoms with Gasteiger partial charge in [-0.3, -0.25) is 4.90 Å². The summed E-state index contributed by atoms with van der Waals surface area (Å²) in [6.07, 6.45) is 5.50. The van der Waals surface area contributed by atoms with Crippen LogP contribution in [0.1, 0.15) is 25.7 Å². The van der Waals surface area contributed by atoms with E-state index in [0.717, 1.165) is 12.1 Å². The Labute approximate surface area is 93.8 Å². The molecule has 2 heterocycles. The van der Waals surface area contributed by atoms with Gasteiger partial charge in [-0.1, -0.05) is 0 Å². The van der Waals surface area contributed by atoms with Gasteiger partial charge in [-0.25, -0.2) is 0 Å². The highest BCUT2D eigenvalue weighted by Gasteiger charge is 2.27. The topological polar surface area (TPSA) is 18.5 Å². The molecule has 0 bridgehead atoms. The predicted molar refractivity (Wildman–Crippen MR) is 64.2 cm³/mol. The number of rotatable bonds is 2. The summed E-state index contributed by atoms with van der Waals surface area (Å²) >= 11 is 0. The van der Waals surface area contributed by atoms with Gasteiger partial charge in [-0.2, -0.15) is 0 Å². The fourth-order valence-corrected chi connectivity index (χ4v) is 3.01. The summed E-state index contributed by atoms with van der Waals surface area (Å²) in [4.78, 5) is 5.19. The van der Waals surface area contributed by atoms with Gasteiger partial charge in [0.2, 0.25) is 0 Å². The second-order valence-electron chi connectivity index (χ2n) is 5.18. The first-order valence-electron chi connectivity index (χ1n) is 6.39. The molecule has 0 radical (unpaired) electrons. The second kappa shape index (κ2) is 5.28. The van der Waals surface area contributed by atoms with Crippen LogP contribution in [0.4, 0.5) is 0 Å². The Morgan fingerprint density at radius 1 is 1.07 bits per heavy atom. The highest BCUT2D eigenvalue weighted by Crippen LogP contribution is 2.19.